The van der Waals surface area contributed by atoms with Gasteiger partial charge in [0.15, 0.2) is 11.0 Å². The Morgan fingerprint density at radius 2 is 2.00 bits per heavy atom. The average Bonchev–Trinajstić information content (AvgIpc) is 3.21. The maximum Gasteiger partial charge on any atom is 0.243 e. The van der Waals surface area contributed by atoms with Crippen molar-refractivity contribution in [3.63, 3.8) is 0 Å². The number of amides is 1. The molecule has 3 aromatic rings. The summed E-state index contributed by atoms with van der Waals surface area (Å²) in [7, 11) is 5.16. The van der Waals surface area contributed by atoms with E-state index in [2.05, 4.69) is 20.6 Å². The van der Waals surface area contributed by atoms with E-state index in [1.807, 2.05) is 7.05 Å². The van der Waals surface area contributed by atoms with Crippen molar-refractivity contribution in [3.05, 3.63) is 41.8 Å². The molecule has 0 radical (unpaired) electrons. The van der Waals surface area contributed by atoms with E-state index in [1.54, 1.807) is 41.7 Å². The molecule has 0 unspecified atom stereocenters. The number of carbonyl (C=O) groups is 1. The lowest BCUT2D eigenvalue weighted by Crippen LogP contribution is -2.24. The quantitative estimate of drug-likeness (QED) is 0.619. The van der Waals surface area contributed by atoms with Crippen molar-refractivity contribution in [3.8, 4) is 17.3 Å². The molecule has 0 atom stereocenters. The van der Waals surface area contributed by atoms with Crippen LogP contribution in [0.25, 0.3) is 11.4 Å². The number of aromatic nitrogens is 5. The second kappa shape index (κ2) is 8.21. The van der Waals surface area contributed by atoms with Crippen molar-refractivity contribution in [2.24, 2.45) is 14.1 Å². The molecule has 0 bridgehead atoms. The van der Waals surface area contributed by atoms with Gasteiger partial charge in [0.1, 0.15) is 11.4 Å². The number of carbonyl (C=O) groups excluding carboxylic acids is 1. The van der Waals surface area contributed by atoms with Crippen molar-refractivity contribution in [2.45, 2.75) is 11.7 Å². The molecule has 0 spiro atoms. The predicted molar refractivity (Wildman–Crippen MR) is 98.7 cm³/mol. The van der Waals surface area contributed by atoms with Crippen LogP contribution in [-0.2, 0) is 25.4 Å². The van der Waals surface area contributed by atoms with E-state index in [0.29, 0.717) is 23.4 Å². The normalized spacial score (nSPS) is 10.8. The highest BCUT2D eigenvalue weighted by Gasteiger charge is 2.18. The molecule has 2 aromatic heterocycles. The van der Waals surface area contributed by atoms with E-state index in [9.17, 15) is 9.18 Å². The lowest BCUT2D eigenvalue weighted by Gasteiger charge is -2.06. The van der Waals surface area contributed by atoms with Crippen molar-refractivity contribution in [1.82, 2.24) is 29.9 Å². The van der Waals surface area contributed by atoms with Gasteiger partial charge in [-0.3, -0.25) is 9.48 Å². The number of hydrogen-bond donors (Lipinski definition) is 1. The third-order valence-electron chi connectivity index (χ3n) is 3.80. The summed E-state index contributed by atoms with van der Waals surface area (Å²) in [5.41, 5.74) is 1.56. The summed E-state index contributed by atoms with van der Waals surface area (Å²) >= 11 is 1.28. The highest BCUT2D eigenvalue weighted by Crippen LogP contribution is 2.28. The van der Waals surface area contributed by atoms with Gasteiger partial charge in [-0.05, 0) is 17.7 Å². The van der Waals surface area contributed by atoms with Gasteiger partial charge in [-0.2, -0.15) is 0 Å². The molecule has 0 saturated carbocycles. The topological polar surface area (TPSA) is 86.9 Å². The molecule has 0 saturated heterocycles. The minimum Gasteiger partial charge on any atom is -0.479 e. The fourth-order valence-electron chi connectivity index (χ4n) is 2.43. The predicted octanol–water partition coefficient (Wildman–Crippen LogP) is 1.77. The van der Waals surface area contributed by atoms with Crippen LogP contribution in [0.5, 0.6) is 5.88 Å². The first-order valence-electron chi connectivity index (χ1n) is 8.09. The highest BCUT2D eigenvalue weighted by atomic mass is 32.2. The Labute approximate surface area is 159 Å². The number of nitrogens with zero attached hydrogens (tertiary/aromatic N) is 5. The zero-order valence-corrected chi connectivity index (χ0v) is 16.0. The van der Waals surface area contributed by atoms with Gasteiger partial charge in [0.2, 0.25) is 11.8 Å². The van der Waals surface area contributed by atoms with Crippen molar-refractivity contribution < 1.29 is 13.9 Å². The standard InChI is InChI=1S/C17H19FN6O2S/c1-23-9-13(16(22-23)26-3)15-20-21-17(24(15)2)27-10-14(25)19-8-11-4-6-12(18)7-5-11/h4-7,9H,8,10H2,1-3H3,(H,19,25). The van der Waals surface area contributed by atoms with E-state index in [-0.39, 0.29) is 17.5 Å². The minimum atomic E-state index is -0.302. The number of rotatable bonds is 7. The summed E-state index contributed by atoms with van der Waals surface area (Å²) in [6.07, 6.45) is 1.80. The molecule has 0 aliphatic rings. The van der Waals surface area contributed by atoms with Crippen molar-refractivity contribution >= 4 is 17.7 Å². The van der Waals surface area contributed by atoms with Crippen LogP contribution in [-0.4, -0.2) is 43.3 Å². The van der Waals surface area contributed by atoms with Crippen LogP contribution in [0.4, 0.5) is 4.39 Å². The van der Waals surface area contributed by atoms with Crippen LogP contribution in [0.3, 0.4) is 0 Å². The van der Waals surface area contributed by atoms with Crippen LogP contribution in [0.15, 0.2) is 35.6 Å². The number of thioether (sulfide) groups is 1. The van der Waals surface area contributed by atoms with E-state index >= 15 is 0 Å². The summed E-state index contributed by atoms with van der Waals surface area (Å²) in [5, 5.41) is 15.9. The molecule has 1 amide bonds. The SMILES string of the molecule is COc1nn(C)cc1-c1nnc(SCC(=O)NCc2ccc(F)cc2)n1C. The molecule has 1 aromatic carbocycles. The fraction of sp³-hybridized carbons (Fsp3) is 0.294. The molecule has 8 nitrogen and oxygen atoms in total. The van der Waals surface area contributed by atoms with Crippen LogP contribution in [0.2, 0.25) is 0 Å². The molecular weight excluding hydrogens is 371 g/mol. The van der Waals surface area contributed by atoms with Gasteiger partial charge in [0.25, 0.3) is 0 Å². The van der Waals surface area contributed by atoms with E-state index in [0.717, 1.165) is 11.1 Å². The third-order valence-corrected chi connectivity index (χ3v) is 4.82. The molecular formula is C17H19FN6O2S. The summed E-state index contributed by atoms with van der Waals surface area (Å²) < 4.78 is 21.6. The van der Waals surface area contributed by atoms with Crippen molar-refractivity contribution in [1.29, 1.82) is 0 Å². The Balaban J connectivity index is 1.59. The monoisotopic (exact) mass is 390 g/mol. The average molecular weight is 390 g/mol. The smallest absolute Gasteiger partial charge is 0.243 e. The van der Waals surface area contributed by atoms with Gasteiger partial charge in [0, 0.05) is 26.8 Å². The van der Waals surface area contributed by atoms with Crippen LogP contribution < -0.4 is 10.1 Å². The Morgan fingerprint density at radius 3 is 2.70 bits per heavy atom. The number of methoxy groups -OCH3 is 1. The Bertz CT molecular complexity index is 938. The van der Waals surface area contributed by atoms with Gasteiger partial charge in [-0.15, -0.1) is 15.3 Å². The number of hydrogen-bond acceptors (Lipinski definition) is 6. The molecule has 0 aliphatic carbocycles. The van der Waals surface area contributed by atoms with Gasteiger partial charge >= 0.3 is 0 Å². The van der Waals surface area contributed by atoms with Gasteiger partial charge in [-0.25, -0.2) is 4.39 Å². The fourth-order valence-corrected chi connectivity index (χ4v) is 3.17. The first kappa shape index (κ1) is 18.9. The van der Waals surface area contributed by atoms with E-state index < -0.39 is 0 Å². The molecule has 10 heteroatoms. The summed E-state index contributed by atoms with van der Waals surface area (Å²) in [6.45, 7) is 0.344. The highest BCUT2D eigenvalue weighted by molar-refractivity contribution is 7.99. The Hall–Kier alpha value is -2.88. The first-order chi connectivity index (χ1) is 13.0. The number of benzene rings is 1. The molecule has 142 valence electrons. The second-order valence-corrected chi connectivity index (χ2v) is 6.73. The first-order valence-corrected chi connectivity index (χ1v) is 9.08. The van der Waals surface area contributed by atoms with Crippen LogP contribution in [0.1, 0.15) is 5.56 Å². The zero-order valence-electron chi connectivity index (χ0n) is 15.1. The summed E-state index contributed by atoms with van der Waals surface area (Å²) in [4.78, 5) is 12.1. The molecule has 3 rings (SSSR count). The largest absolute Gasteiger partial charge is 0.479 e. The molecule has 2 heterocycles. The number of ether oxygens (including phenoxy) is 1. The number of nitrogens with one attached hydrogen (secondary N) is 1. The van der Waals surface area contributed by atoms with Crippen molar-refractivity contribution in [2.75, 3.05) is 12.9 Å². The van der Waals surface area contributed by atoms with Crippen LogP contribution >= 0.6 is 11.8 Å². The number of aryl methyl sites for hydroxylation is 1. The maximum absolute atomic E-state index is 12.9. The second-order valence-electron chi connectivity index (χ2n) is 5.78. The molecule has 0 fully saturated rings. The molecule has 1 N–H and O–H groups in total. The lowest BCUT2D eigenvalue weighted by atomic mass is 10.2. The van der Waals surface area contributed by atoms with E-state index in [4.69, 9.17) is 4.74 Å². The maximum atomic E-state index is 12.9. The van der Waals surface area contributed by atoms with Gasteiger partial charge < -0.3 is 14.6 Å². The van der Waals surface area contributed by atoms with Crippen LogP contribution in [0, 0.1) is 5.82 Å². The molecule has 27 heavy (non-hydrogen) atoms. The lowest BCUT2D eigenvalue weighted by molar-refractivity contribution is -0.118. The van der Waals surface area contributed by atoms with Gasteiger partial charge in [0.05, 0.1) is 12.9 Å². The summed E-state index contributed by atoms with van der Waals surface area (Å²) in [6, 6.07) is 6.01. The minimum absolute atomic E-state index is 0.146. The number of halogens is 1. The third kappa shape index (κ3) is 4.45. The van der Waals surface area contributed by atoms with E-state index in [1.165, 1.54) is 23.9 Å². The Morgan fingerprint density at radius 1 is 1.26 bits per heavy atom. The summed E-state index contributed by atoms with van der Waals surface area (Å²) in [5.74, 6) is 0.810. The van der Waals surface area contributed by atoms with Gasteiger partial charge in [-0.1, -0.05) is 23.9 Å². The zero-order chi connectivity index (χ0) is 19.4. The Kier molecular flexibility index (Phi) is 5.75. The molecule has 0 aliphatic heterocycles.